The van der Waals surface area contributed by atoms with Crippen molar-refractivity contribution in [1.29, 1.82) is 0 Å². The summed E-state index contributed by atoms with van der Waals surface area (Å²) in [4.78, 5) is 0. The molecular formula is C42H34B8O. The van der Waals surface area contributed by atoms with Crippen molar-refractivity contribution in [3.05, 3.63) is 109 Å². The molecule has 0 aliphatic rings. The second-order valence-electron chi connectivity index (χ2n) is 14.7. The van der Waals surface area contributed by atoms with Gasteiger partial charge < -0.3 is 4.42 Å². The molecule has 0 spiro atoms. The lowest BCUT2D eigenvalue weighted by Crippen LogP contribution is -2.50. The molecule has 9 aromatic rings. The minimum Gasteiger partial charge on any atom is -0.456 e. The molecule has 232 valence electrons. The maximum absolute atomic E-state index is 6.12. The van der Waals surface area contributed by atoms with E-state index in [1.807, 2.05) is 12.1 Å². The maximum Gasteiger partial charge on any atom is 0.139 e. The highest BCUT2D eigenvalue weighted by Crippen LogP contribution is 2.41. The summed E-state index contributed by atoms with van der Waals surface area (Å²) in [5.41, 5.74) is 20.5. The van der Waals surface area contributed by atoms with Crippen molar-refractivity contribution in [1.82, 2.24) is 0 Å². The minimum atomic E-state index is 0.926. The molecule has 0 bridgehead atoms. The number of furan rings is 1. The van der Waals surface area contributed by atoms with Gasteiger partial charge in [0.05, 0.1) is 0 Å². The van der Waals surface area contributed by atoms with Crippen molar-refractivity contribution < 1.29 is 4.42 Å². The Morgan fingerprint density at radius 2 is 0.745 bits per heavy atom. The van der Waals surface area contributed by atoms with Gasteiger partial charge >= 0.3 is 0 Å². The Morgan fingerprint density at radius 3 is 1.33 bits per heavy atom. The first kappa shape index (κ1) is 31.8. The van der Waals surface area contributed by atoms with Gasteiger partial charge in [0.2, 0.25) is 0 Å². The van der Waals surface area contributed by atoms with E-state index in [-0.39, 0.29) is 0 Å². The summed E-state index contributed by atoms with van der Waals surface area (Å²) in [6.07, 6.45) is 0. The van der Waals surface area contributed by atoms with E-state index in [1.54, 1.807) is 0 Å². The van der Waals surface area contributed by atoms with Crippen LogP contribution in [0.3, 0.4) is 0 Å². The van der Waals surface area contributed by atoms with E-state index in [4.69, 9.17) is 4.42 Å². The summed E-state index contributed by atoms with van der Waals surface area (Å²) >= 11 is 0. The average molecular weight is 641 g/mol. The minimum absolute atomic E-state index is 0.926. The Morgan fingerprint density at radius 1 is 0.314 bits per heavy atom. The number of hydrogen-bond acceptors (Lipinski definition) is 1. The van der Waals surface area contributed by atoms with Crippen molar-refractivity contribution in [2.24, 2.45) is 0 Å². The van der Waals surface area contributed by atoms with Crippen LogP contribution in [0.1, 0.15) is 0 Å². The molecule has 0 aliphatic carbocycles. The molecule has 0 saturated carbocycles. The zero-order chi connectivity index (χ0) is 35.3. The summed E-state index contributed by atoms with van der Waals surface area (Å²) in [6, 6.07) is 40.0. The van der Waals surface area contributed by atoms with E-state index in [2.05, 4.69) is 160 Å². The van der Waals surface area contributed by atoms with Crippen molar-refractivity contribution >= 4 is 161 Å². The summed E-state index contributed by atoms with van der Waals surface area (Å²) in [5.74, 6) is 0. The molecule has 1 aromatic heterocycles. The summed E-state index contributed by atoms with van der Waals surface area (Å²) in [7, 11) is 18.6. The van der Waals surface area contributed by atoms with E-state index in [1.165, 1.54) is 109 Å². The summed E-state index contributed by atoms with van der Waals surface area (Å²) in [5, 5.41) is 10.3. The Kier molecular flexibility index (Phi) is 7.30. The second kappa shape index (κ2) is 11.7. The fourth-order valence-electron chi connectivity index (χ4n) is 8.79. The highest BCUT2D eigenvalue weighted by molar-refractivity contribution is 6.71. The first-order chi connectivity index (χ1) is 24.6. The molecule has 0 saturated heterocycles. The predicted molar refractivity (Wildman–Crippen MR) is 248 cm³/mol. The molecule has 0 radical (unpaired) electrons. The molecule has 8 aromatic carbocycles. The molecular weight excluding hydrogens is 607 g/mol. The molecule has 9 rings (SSSR count). The topological polar surface area (TPSA) is 13.1 Å². The smallest absolute Gasteiger partial charge is 0.139 e. The zero-order valence-corrected chi connectivity index (χ0v) is 30.8. The zero-order valence-electron chi connectivity index (χ0n) is 30.8. The molecule has 0 N–H and O–H groups in total. The van der Waals surface area contributed by atoms with Crippen LogP contribution in [-0.2, 0) is 0 Å². The fourth-order valence-corrected chi connectivity index (χ4v) is 8.79. The third-order valence-electron chi connectivity index (χ3n) is 12.3. The van der Waals surface area contributed by atoms with Crippen LogP contribution >= 0.6 is 0 Å². The van der Waals surface area contributed by atoms with Gasteiger partial charge in [-0.15, -0.1) is 21.9 Å². The third-order valence-corrected chi connectivity index (χ3v) is 12.3. The summed E-state index contributed by atoms with van der Waals surface area (Å²) in [6.45, 7) is 0. The Balaban J connectivity index is 1.34. The number of para-hydroxylation sites is 1. The first-order valence-corrected chi connectivity index (χ1v) is 18.1. The van der Waals surface area contributed by atoms with Crippen LogP contribution in [0, 0.1) is 0 Å². The highest BCUT2D eigenvalue weighted by Gasteiger charge is 2.25. The molecule has 0 fully saturated rings. The number of benzene rings is 8. The van der Waals surface area contributed by atoms with Crippen LogP contribution in [-0.4, -0.2) is 62.8 Å². The van der Waals surface area contributed by atoms with Gasteiger partial charge in [-0.25, -0.2) is 0 Å². The number of rotatable bonds is 3. The van der Waals surface area contributed by atoms with Gasteiger partial charge in [0.15, 0.2) is 0 Å². The van der Waals surface area contributed by atoms with Gasteiger partial charge in [-0.3, -0.25) is 0 Å². The van der Waals surface area contributed by atoms with E-state index in [0.29, 0.717) is 0 Å². The lowest BCUT2D eigenvalue weighted by atomic mass is 9.59. The second-order valence-corrected chi connectivity index (χ2v) is 14.7. The van der Waals surface area contributed by atoms with Crippen LogP contribution in [0.4, 0.5) is 0 Å². The van der Waals surface area contributed by atoms with Crippen LogP contribution in [0.5, 0.6) is 0 Å². The summed E-state index contributed by atoms with van der Waals surface area (Å²) < 4.78 is 6.12. The predicted octanol–water partition coefficient (Wildman–Crippen LogP) is -1.89. The standard InChI is InChI=1S/C42H34B8O/c43-35-31-29(19-6-2-1-3-7-19)32-34(38(46)42(50)40(48)36(32)44)30(33(31)37(45)41(49)39(35)47)24-13-12-20-16-21(10-11-22(20)17-24)23-14-15-28-26(18-23)25-8-4-5-9-27(25)51-28/h1-18H,43-50H2. The SMILES string of the molecule is Bc1c(B)c(B)c2c(-c3ccc4cc(-c5ccc6oc7ccccc7c6c5)ccc4c3)c3c(B)c(B)c(B)c(B)c3c(-c3ccccc3)c2c1B. The van der Waals surface area contributed by atoms with Crippen molar-refractivity contribution in [2.45, 2.75) is 0 Å². The third kappa shape index (κ3) is 4.67. The highest BCUT2D eigenvalue weighted by atomic mass is 16.3. The number of fused-ring (bicyclic) bond motifs is 6. The Hall–Kier alpha value is -5.14. The number of hydrogen-bond donors (Lipinski definition) is 0. The molecule has 0 amide bonds. The van der Waals surface area contributed by atoms with Gasteiger partial charge in [0.25, 0.3) is 0 Å². The van der Waals surface area contributed by atoms with E-state index in [9.17, 15) is 0 Å². The molecule has 1 heterocycles. The quantitative estimate of drug-likeness (QED) is 0.163. The van der Waals surface area contributed by atoms with Gasteiger partial charge in [0, 0.05) is 10.8 Å². The monoisotopic (exact) mass is 642 g/mol. The lowest BCUT2D eigenvalue weighted by molar-refractivity contribution is 0.669. The molecule has 0 aliphatic heterocycles. The van der Waals surface area contributed by atoms with Gasteiger partial charge in [-0.2, -0.15) is 0 Å². The van der Waals surface area contributed by atoms with Crippen LogP contribution in [0.15, 0.2) is 114 Å². The molecule has 9 heteroatoms. The molecule has 0 unspecified atom stereocenters. The van der Waals surface area contributed by atoms with Gasteiger partial charge in [-0.05, 0) is 96.0 Å². The van der Waals surface area contributed by atoms with Gasteiger partial charge in [0.1, 0.15) is 73.9 Å². The van der Waals surface area contributed by atoms with Gasteiger partial charge in [-0.1, -0.05) is 101 Å². The first-order valence-electron chi connectivity index (χ1n) is 18.1. The van der Waals surface area contributed by atoms with E-state index in [0.717, 1.165) is 21.9 Å². The fraction of sp³-hybridized carbons (Fsp3) is 0. The van der Waals surface area contributed by atoms with Crippen molar-refractivity contribution in [2.75, 3.05) is 0 Å². The largest absolute Gasteiger partial charge is 0.456 e. The van der Waals surface area contributed by atoms with Crippen LogP contribution in [0.25, 0.3) is 87.6 Å². The maximum atomic E-state index is 6.12. The van der Waals surface area contributed by atoms with Crippen LogP contribution < -0.4 is 43.7 Å². The van der Waals surface area contributed by atoms with Crippen molar-refractivity contribution in [3.63, 3.8) is 0 Å². The average Bonchev–Trinajstić information content (AvgIpc) is 3.54. The molecule has 51 heavy (non-hydrogen) atoms. The van der Waals surface area contributed by atoms with E-state index < -0.39 is 0 Å². The van der Waals surface area contributed by atoms with E-state index >= 15 is 0 Å². The lowest BCUT2D eigenvalue weighted by Gasteiger charge is -2.28. The Labute approximate surface area is 306 Å². The van der Waals surface area contributed by atoms with Crippen molar-refractivity contribution in [3.8, 4) is 33.4 Å². The van der Waals surface area contributed by atoms with Crippen LogP contribution in [0.2, 0.25) is 0 Å². The molecule has 0 atom stereocenters. The Bertz CT molecular complexity index is 2870. The normalized spacial score (nSPS) is 11.8. The molecule has 1 nitrogen and oxygen atoms in total.